The lowest BCUT2D eigenvalue weighted by molar-refractivity contribution is 0.0600. The molecule has 2 aromatic rings. The lowest BCUT2D eigenvalue weighted by atomic mass is 9.97. The maximum absolute atomic E-state index is 13.1. The van der Waals surface area contributed by atoms with Gasteiger partial charge in [-0.25, -0.2) is 4.79 Å². The van der Waals surface area contributed by atoms with Gasteiger partial charge in [0.1, 0.15) is 0 Å². The molecule has 1 aliphatic rings. The van der Waals surface area contributed by atoms with E-state index in [0.717, 1.165) is 48.3 Å². The second kappa shape index (κ2) is 9.30. The summed E-state index contributed by atoms with van der Waals surface area (Å²) in [6.45, 7) is 7.56. The molecule has 3 rings (SSSR count). The highest BCUT2D eigenvalue weighted by Crippen LogP contribution is 2.27. The van der Waals surface area contributed by atoms with Crippen molar-refractivity contribution in [2.24, 2.45) is 5.92 Å². The highest BCUT2D eigenvalue weighted by atomic mass is 16.5. The third-order valence-electron chi connectivity index (χ3n) is 5.80. The second-order valence-corrected chi connectivity index (χ2v) is 8.07. The number of methoxy groups -OCH3 is 1. The van der Waals surface area contributed by atoms with Crippen LogP contribution in [0.15, 0.2) is 30.3 Å². The summed E-state index contributed by atoms with van der Waals surface area (Å²) >= 11 is 0. The largest absolute Gasteiger partial charge is 0.465 e. The van der Waals surface area contributed by atoms with Crippen LogP contribution in [-0.4, -0.2) is 43.8 Å². The number of aliphatic hydroxyl groups is 1. The molecule has 0 spiro atoms. The summed E-state index contributed by atoms with van der Waals surface area (Å²) in [6.07, 6.45) is 2.07. The summed E-state index contributed by atoms with van der Waals surface area (Å²) < 4.78 is 4.79. The number of aliphatic hydroxyl groups excluding tert-OH is 1. The molecule has 2 aromatic carbocycles. The molecule has 0 radical (unpaired) electrons. The van der Waals surface area contributed by atoms with Crippen LogP contribution in [0.4, 0.5) is 11.4 Å². The Labute approximate surface area is 177 Å². The van der Waals surface area contributed by atoms with Crippen LogP contribution in [0.3, 0.4) is 0 Å². The smallest absolute Gasteiger partial charge is 0.337 e. The molecule has 1 atom stereocenters. The van der Waals surface area contributed by atoms with Gasteiger partial charge in [0.25, 0.3) is 5.91 Å². The first kappa shape index (κ1) is 21.8. The van der Waals surface area contributed by atoms with E-state index >= 15 is 0 Å². The van der Waals surface area contributed by atoms with Crippen molar-refractivity contribution < 1.29 is 19.4 Å². The van der Waals surface area contributed by atoms with Gasteiger partial charge < -0.3 is 20.1 Å². The van der Waals surface area contributed by atoms with Gasteiger partial charge >= 0.3 is 5.97 Å². The Morgan fingerprint density at radius 1 is 1.13 bits per heavy atom. The average molecular weight is 411 g/mol. The van der Waals surface area contributed by atoms with Gasteiger partial charge in [-0.05, 0) is 80.5 Å². The normalized spacial score (nSPS) is 16.3. The van der Waals surface area contributed by atoms with Crippen molar-refractivity contribution in [2.75, 3.05) is 37.0 Å². The van der Waals surface area contributed by atoms with Crippen LogP contribution < -0.4 is 10.2 Å². The monoisotopic (exact) mass is 410 g/mol. The average Bonchev–Trinajstić information content (AvgIpc) is 2.75. The molecule has 6 heteroatoms. The number of nitrogens with zero attached hydrogens (tertiary/aromatic N) is 1. The number of benzene rings is 2. The number of hydrogen-bond acceptors (Lipinski definition) is 5. The molecule has 1 aliphatic heterocycles. The van der Waals surface area contributed by atoms with Crippen LogP contribution in [-0.2, 0) is 4.74 Å². The van der Waals surface area contributed by atoms with Crippen molar-refractivity contribution >= 4 is 23.3 Å². The lowest BCUT2D eigenvalue weighted by Gasteiger charge is -2.34. The minimum absolute atomic E-state index is 0.179. The molecular weight excluding hydrogens is 380 g/mol. The molecule has 1 fully saturated rings. The van der Waals surface area contributed by atoms with Crippen molar-refractivity contribution in [2.45, 2.75) is 33.6 Å². The van der Waals surface area contributed by atoms with Crippen molar-refractivity contribution in [3.05, 3.63) is 58.1 Å². The molecular formula is C24H30N2O4. The van der Waals surface area contributed by atoms with Gasteiger partial charge in [-0.3, -0.25) is 4.79 Å². The number of rotatable bonds is 5. The summed E-state index contributed by atoms with van der Waals surface area (Å²) in [5.74, 6) is -0.302. The summed E-state index contributed by atoms with van der Waals surface area (Å²) in [4.78, 5) is 27.2. The fraction of sp³-hybridized carbons (Fsp3) is 0.417. The van der Waals surface area contributed by atoms with Crippen molar-refractivity contribution in [1.82, 2.24) is 0 Å². The number of aryl methyl sites for hydroxylation is 3. The molecule has 2 N–H and O–H groups in total. The highest BCUT2D eigenvalue weighted by Gasteiger charge is 2.21. The molecule has 0 saturated carbocycles. The van der Waals surface area contributed by atoms with Crippen LogP contribution in [0.1, 0.15) is 50.2 Å². The van der Waals surface area contributed by atoms with Crippen molar-refractivity contribution in [3.63, 3.8) is 0 Å². The van der Waals surface area contributed by atoms with Gasteiger partial charge in [0.15, 0.2) is 0 Å². The minimum atomic E-state index is -0.398. The van der Waals surface area contributed by atoms with Crippen molar-refractivity contribution in [1.29, 1.82) is 0 Å². The topological polar surface area (TPSA) is 78.9 Å². The van der Waals surface area contributed by atoms with Crippen LogP contribution in [0.5, 0.6) is 0 Å². The Balaban J connectivity index is 1.84. The number of anilines is 2. The first-order valence-electron chi connectivity index (χ1n) is 10.3. The first-order chi connectivity index (χ1) is 14.3. The van der Waals surface area contributed by atoms with Gasteiger partial charge in [0.05, 0.1) is 12.7 Å². The summed E-state index contributed by atoms with van der Waals surface area (Å²) in [6, 6.07) is 9.37. The molecule has 0 aromatic heterocycles. The number of carbonyl (C=O) groups excluding carboxylic acids is 2. The third-order valence-corrected chi connectivity index (χ3v) is 5.80. The number of amides is 1. The molecule has 1 amide bonds. The minimum Gasteiger partial charge on any atom is -0.465 e. The molecule has 1 heterocycles. The van der Waals surface area contributed by atoms with Crippen LogP contribution in [0.25, 0.3) is 0 Å². The fourth-order valence-electron chi connectivity index (χ4n) is 4.08. The van der Waals surface area contributed by atoms with E-state index in [1.165, 1.54) is 7.11 Å². The Morgan fingerprint density at radius 3 is 2.47 bits per heavy atom. The van der Waals surface area contributed by atoms with Gasteiger partial charge in [0.2, 0.25) is 0 Å². The van der Waals surface area contributed by atoms with E-state index in [1.807, 2.05) is 39.0 Å². The van der Waals surface area contributed by atoms with E-state index in [4.69, 9.17) is 4.74 Å². The molecule has 6 nitrogen and oxygen atoms in total. The predicted octanol–water partition coefficient (Wildman–Crippen LogP) is 3.86. The van der Waals surface area contributed by atoms with E-state index in [2.05, 4.69) is 10.2 Å². The fourth-order valence-corrected chi connectivity index (χ4v) is 4.08. The Kier molecular flexibility index (Phi) is 6.77. The standard InChI is InChI=1S/C24H30N2O4/c1-15-7-8-20(26-9-5-6-18(13-26)14-27)12-21(15)23(28)25-22-16(2)10-19(11-17(22)3)24(29)30-4/h7-8,10-12,18,27H,5-6,9,13-14H2,1-4H3,(H,25,28)/t18-/m0/s1. The van der Waals surface area contributed by atoms with Gasteiger partial charge in [-0.1, -0.05) is 6.07 Å². The predicted molar refractivity (Wildman–Crippen MR) is 118 cm³/mol. The molecule has 0 bridgehead atoms. The van der Waals surface area contributed by atoms with Crippen LogP contribution >= 0.6 is 0 Å². The number of ether oxygens (including phenoxy) is 1. The quantitative estimate of drug-likeness (QED) is 0.732. The summed E-state index contributed by atoms with van der Waals surface area (Å²) in [7, 11) is 1.35. The Morgan fingerprint density at radius 2 is 1.83 bits per heavy atom. The zero-order chi connectivity index (χ0) is 21.8. The molecule has 30 heavy (non-hydrogen) atoms. The first-order valence-corrected chi connectivity index (χ1v) is 10.3. The molecule has 1 saturated heterocycles. The van der Waals surface area contributed by atoms with E-state index in [0.29, 0.717) is 16.8 Å². The SMILES string of the molecule is COC(=O)c1cc(C)c(NC(=O)c2cc(N3CCC[C@H](CO)C3)ccc2C)c(C)c1. The Hall–Kier alpha value is -2.86. The van der Waals surface area contributed by atoms with Gasteiger partial charge in [0, 0.05) is 36.6 Å². The number of carbonyl (C=O) groups is 2. The van der Waals surface area contributed by atoms with Gasteiger partial charge in [-0.2, -0.15) is 0 Å². The number of nitrogens with one attached hydrogen (secondary N) is 1. The highest BCUT2D eigenvalue weighted by molar-refractivity contribution is 6.07. The summed E-state index contributed by atoms with van der Waals surface area (Å²) in [5, 5.41) is 12.5. The number of hydrogen-bond donors (Lipinski definition) is 2. The zero-order valence-corrected chi connectivity index (χ0v) is 18.1. The van der Waals surface area contributed by atoms with Crippen molar-refractivity contribution in [3.8, 4) is 0 Å². The van der Waals surface area contributed by atoms with E-state index in [9.17, 15) is 14.7 Å². The number of esters is 1. The third kappa shape index (κ3) is 4.65. The summed E-state index contributed by atoms with van der Waals surface area (Å²) in [5.41, 5.74) is 5.29. The van der Waals surface area contributed by atoms with Gasteiger partial charge in [-0.15, -0.1) is 0 Å². The molecule has 160 valence electrons. The Bertz CT molecular complexity index is 931. The second-order valence-electron chi connectivity index (χ2n) is 8.07. The molecule has 0 aliphatic carbocycles. The van der Waals surface area contributed by atoms with E-state index in [-0.39, 0.29) is 18.4 Å². The number of piperidine rings is 1. The lowest BCUT2D eigenvalue weighted by Crippen LogP contribution is -2.36. The van der Waals surface area contributed by atoms with E-state index in [1.54, 1.807) is 12.1 Å². The molecule has 0 unspecified atom stereocenters. The zero-order valence-electron chi connectivity index (χ0n) is 18.1. The van der Waals surface area contributed by atoms with Crippen LogP contribution in [0, 0.1) is 26.7 Å². The van der Waals surface area contributed by atoms with E-state index < -0.39 is 5.97 Å². The van der Waals surface area contributed by atoms with Crippen LogP contribution in [0.2, 0.25) is 0 Å². The maximum atomic E-state index is 13.1. The maximum Gasteiger partial charge on any atom is 0.337 e.